The second kappa shape index (κ2) is 4.49. The summed E-state index contributed by atoms with van der Waals surface area (Å²) < 4.78 is 36.5. The number of hydrogen-bond donors (Lipinski definition) is 0. The minimum atomic E-state index is -4.07. The first kappa shape index (κ1) is 11.1. The van der Waals surface area contributed by atoms with Gasteiger partial charge in [0.25, 0.3) is 0 Å². The third-order valence-corrected chi connectivity index (χ3v) is 2.24. The van der Waals surface area contributed by atoms with E-state index in [1.165, 1.54) is 0 Å². The molecule has 14 heavy (non-hydrogen) atoms. The Morgan fingerprint density at radius 2 is 1.71 bits per heavy atom. The van der Waals surface area contributed by atoms with Crippen LogP contribution < -0.4 is 0 Å². The zero-order valence-corrected chi connectivity index (χ0v) is 8.01. The highest BCUT2D eigenvalue weighted by Crippen LogP contribution is 2.32. The third kappa shape index (κ3) is 3.40. The molecular formula is C11H13F3. The van der Waals surface area contributed by atoms with E-state index in [0.29, 0.717) is 6.42 Å². The van der Waals surface area contributed by atoms with Crippen LogP contribution in [0.15, 0.2) is 30.3 Å². The van der Waals surface area contributed by atoms with Gasteiger partial charge in [-0.3, -0.25) is 0 Å². The zero-order chi connectivity index (χ0) is 10.6. The first-order valence-electron chi connectivity index (χ1n) is 4.64. The molecule has 1 aromatic rings. The lowest BCUT2D eigenvalue weighted by Gasteiger charge is -2.17. The number of alkyl halides is 3. The van der Waals surface area contributed by atoms with Crippen LogP contribution in [-0.4, -0.2) is 6.18 Å². The Bertz CT molecular complexity index is 264. The van der Waals surface area contributed by atoms with Crippen LogP contribution in [0.2, 0.25) is 0 Å². The highest BCUT2D eigenvalue weighted by atomic mass is 19.4. The first-order valence-corrected chi connectivity index (χ1v) is 4.64. The molecule has 1 atom stereocenters. The minimum absolute atomic E-state index is 0.406. The van der Waals surface area contributed by atoms with E-state index in [1.54, 1.807) is 31.2 Å². The summed E-state index contributed by atoms with van der Waals surface area (Å²) in [7, 11) is 0. The fourth-order valence-electron chi connectivity index (χ4n) is 1.50. The van der Waals surface area contributed by atoms with Crippen molar-refractivity contribution in [2.24, 2.45) is 0 Å². The van der Waals surface area contributed by atoms with Crippen LogP contribution in [0.5, 0.6) is 0 Å². The molecule has 1 rings (SSSR count). The van der Waals surface area contributed by atoms with E-state index < -0.39 is 18.5 Å². The second-order valence-electron chi connectivity index (χ2n) is 3.34. The SMILES string of the molecule is CCC(CC(F)(F)F)c1ccccc1. The first-order chi connectivity index (χ1) is 6.53. The lowest BCUT2D eigenvalue weighted by molar-refractivity contribution is -0.138. The van der Waals surface area contributed by atoms with E-state index in [4.69, 9.17) is 0 Å². The Kier molecular flexibility index (Phi) is 3.55. The van der Waals surface area contributed by atoms with Crippen molar-refractivity contribution in [1.82, 2.24) is 0 Å². The van der Waals surface area contributed by atoms with Crippen molar-refractivity contribution in [3.63, 3.8) is 0 Å². The van der Waals surface area contributed by atoms with E-state index in [1.807, 2.05) is 6.07 Å². The Labute approximate surface area is 81.8 Å². The highest BCUT2D eigenvalue weighted by Gasteiger charge is 2.31. The van der Waals surface area contributed by atoms with E-state index in [9.17, 15) is 13.2 Å². The average Bonchev–Trinajstić information content (AvgIpc) is 2.14. The predicted molar refractivity (Wildman–Crippen MR) is 50.1 cm³/mol. The number of halogens is 3. The molecule has 1 aromatic carbocycles. The summed E-state index contributed by atoms with van der Waals surface area (Å²) in [5.74, 6) is -0.406. The normalized spacial score (nSPS) is 14.0. The lowest BCUT2D eigenvalue weighted by Crippen LogP contribution is -2.13. The van der Waals surface area contributed by atoms with Gasteiger partial charge in [0.15, 0.2) is 0 Å². The molecule has 0 aliphatic rings. The van der Waals surface area contributed by atoms with Gasteiger partial charge in [-0.25, -0.2) is 0 Å². The predicted octanol–water partition coefficient (Wildman–Crippen LogP) is 4.13. The molecule has 0 heterocycles. The van der Waals surface area contributed by atoms with Gasteiger partial charge in [0, 0.05) is 0 Å². The molecule has 0 saturated heterocycles. The monoisotopic (exact) mass is 202 g/mol. The van der Waals surface area contributed by atoms with Gasteiger partial charge >= 0.3 is 6.18 Å². The lowest BCUT2D eigenvalue weighted by atomic mass is 9.93. The Morgan fingerprint density at radius 3 is 2.14 bits per heavy atom. The molecule has 0 nitrogen and oxygen atoms in total. The van der Waals surface area contributed by atoms with Crippen LogP contribution in [0.4, 0.5) is 13.2 Å². The standard InChI is InChI=1S/C11H13F3/c1-2-9(8-11(12,13)14)10-6-4-3-5-7-10/h3-7,9H,2,8H2,1H3. The summed E-state index contributed by atoms with van der Waals surface area (Å²) in [5.41, 5.74) is 0.771. The molecule has 0 aliphatic carbocycles. The molecule has 0 saturated carbocycles. The van der Waals surface area contributed by atoms with Crippen LogP contribution in [0.3, 0.4) is 0 Å². The zero-order valence-electron chi connectivity index (χ0n) is 8.01. The van der Waals surface area contributed by atoms with Gasteiger partial charge in [-0.15, -0.1) is 0 Å². The van der Waals surface area contributed by atoms with Crippen molar-refractivity contribution >= 4 is 0 Å². The van der Waals surface area contributed by atoms with E-state index in [0.717, 1.165) is 5.56 Å². The molecule has 0 spiro atoms. The van der Waals surface area contributed by atoms with Gasteiger partial charge in [0.1, 0.15) is 0 Å². The number of rotatable bonds is 3. The molecular weight excluding hydrogens is 189 g/mol. The van der Waals surface area contributed by atoms with Gasteiger partial charge in [-0.1, -0.05) is 37.3 Å². The summed E-state index contributed by atoms with van der Waals surface area (Å²) in [4.78, 5) is 0. The Balaban J connectivity index is 2.73. The molecule has 0 amide bonds. The van der Waals surface area contributed by atoms with E-state index >= 15 is 0 Å². The molecule has 1 unspecified atom stereocenters. The number of hydrogen-bond acceptors (Lipinski definition) is 0. The third-order valence-electron chi connectivity index (χ3n) is 2.24. The fraction of sp³-hybridized carbons (Fsp3) is 0.455. The maximum Gasteiger partial charge on any atom is 0.389 e. The molecule has 0 fully saturated rings. The topological polar surface area (TPSA) is 0 Å². The minimum Gasteiger partial charge on any atom is -0.171 e. The van der Waals surface area contributed by atoms with Gasteiger partial charge in [0.2, 0.25) is 0 Å². The van der Waals surface area contributed by atoms with Gasteiger partial charge < -0.3 is 0 Å². The average molecular weight is 202 g/mol. The van der Waals surface area contributed by atoms with Crippen molar-refractivity contribution in [2.45, 2.75) is 31.9 Å². The van der Waals surface area contributed by atoms with Gasteiger partial charge in [0.05, 0.1) is 6.42 Å². The van der Waals surface area contributed by atoms with Crippen LogP contribution in [0.25, 0.3) is 0 Å². The molecule has 0 N–H and O–H groups in total. The maximum absolute atomic E-state index is 12.2. The maximum atomic E-state index is 12.2. The number of benzene rings is 1. The Hall–Kier alpha value is -0.990. The van der Waals surface area contributed by atoms with Crippen LogP contribution in [0, 0.1) is 0 Å². The second-order valence-corrected chi connectivity index (χ2v) is 3.34. The van der Waals surface area contributed by atoms with Crippen molar-refractivity contribution in [2.75, 3.05) is 0 Å². The van der Waals surface area contributed by atoms with E-state index in [-0.39, 0.29) is 0 Å². The smallest absolute Gasteiger partial charge is 0.171 e. The molecule has 78 valence electrons. The van der Waals surface area contributed by atoms with Gasteiger partial charge in [-0.2, -0.15) is 13.2 Å². The molecule has 3 heteroatoms. The molecule has 0 bridgehead atoms. The summed E-state index contributed by atoms with van der Waals surface area (Å²) in [5, 5.41) is 0. The van der Waals surface area contributed by atoms with Crippen LogP contribution >= 0.6 is 0 Å². The molecule has 0 aliphatic heterocycles. The molecule has 0 aromatic heterocycles. The summed E-state index contributed by atoms with van der Waals surface area (Å²) in [6.45, 7) is 1.78. The van der Waals surface area contributed by atoms with Crippen molar-refractivity contribution in [1.29, 1.82) is 0 Å². The molecule has 0 radical (unpaired) electrons. The van der Waals surface area contributed by atoms with Crippen LogP contribution in [-0.2, 0) is 0 Å². The highest BCUT2D eigenvalue weighted by molar-refractivity contribution is 5.19. The van der Waals surface area contributed by atoms with Crippen molar-refractivity contribution in [3.05, 3.63) is 35.9 Å². The largest absolute Gasteiger partial charge is 0.389 e. The fourth-order valence-corrected chi connectivity index (χ4v) is 1.50. The summed E-state index contributed by atoms with van der Waals surface area (Å²) in [6.07, 6.45) is -4.28. The Morgan fingerprint density at radius 1 is 1.14 bits per heavy atom. The quantitative estimate of drug-likeness (QED) is 0.691. The van der Waals surface area contributed by atoms with Gasteiger partial charge in [-0.05, 0) is 17.9 Å². The van der Waals surface area contributed by atoms with Crippen LogP contribution in [0.1, 0.15) is 31.2 Å². The van der Waals surface area contributed by atoms with Crippen molar-refractivity contribution < 1.29 is 13.2 Å². The summed E-state index contributed by atoms with van der Waals surface area (Å²) in [6, 6.07) is 8.85. The van der Waals surface area contributed by atoms with Crippen molar-refractivity contribution in [3.8, 4) is 0 Å². The summed E-state index contributed by atoms with van der Waals surface area (Å²) >= 11 is 0. The van der Waals surface area contributed by atoms with E-state index in [2.05, 4.69) is 0 Å².